The molecule has 3 heteroatoms. The number of rotatable bonds is 3. The summed E-state index contributed by atoms with van der Waals surface area (Å²) in [5, 5.41) is 4.05. The standard InChI is InChI=1S/C20H36N2O/c1-12(17-15-10-7-11-16(15)23-17)22(5)19-14-9-6-8-13(14)18(21-19)20(2,3)4/h12-19,21H,6-11H2,1-5H3. The molecule has 2 saturated carbocycles. The van der Waals surface area contributed by atoms with Crippen LogP contribution >= 0.6 is 0 Å². The molecule has 2 aliphatic heterocycles. The van der Waals surface area contributed by atoms with Crippen LogP contribution in [0.2, 0.25) is 0 Å². The third-order valence-electron chi connectivity index (χ3n) is 7.56. The quantitative estimate of drug-likeness (QED) is 0.859. The fraction of sp³-hybridized carbons (Fsp3) is 1.00. The summed E-state index contributed by atoms with van der Waals surface area (Å²) in [6.45, 7) is 9.62. The molecule has 4 rings (SSSR count). The highest BCUT2D eigenvalue weighted by molar-refractivity contribution is 5.06. The van der Waals surface area contributed by atoms with Crippen molar-refractivity contribution >= 4 is 0 Å². The summed E-state index contributed by atoms with van der Waals surface area (Å²) >= 11 is 0. The zero-order valence-corrected chi connectivity index (χ0v) is 15.7. The van der Waals surface area contributed by atoms with E-state index in [1.807, 2.05) is 0 Å². The van der Waals surface area contributed by atoms with Crippen LogP contribution in [0.5, 0.6) is 0 Å². The first kappa shape index (κ1) is 16.4. The largest absolute Gasteiger partial charge is 0.373 e. The molecule has 2 aliphatic carbocycles. The zero-order valence-electron chi connectivity index (χ0n) is 15.7. The van der Waals surface area contributed by atoms with Crippen LogP contribution in [0.1, 0.15) is 66.2 Å². The molecule has 0 amide bonds. The van der Waals surface area contributed by atoms with Crippen LogP contribution in [0.25, 0.3) is 0 Å². The van der Waals surface area contributed by atoms with Crippen molar-refractivity contribution in [2.24, 2.45) is 23.2 Å². The molecule has 2 saturated heterocycles. The summed E-state index contributed by atoms with van der Waals surface area (Å²) in [6.07, 6.45) is 9.93. The SMILES string of the molecule is CC(C1OC2CCCC21)N(C)C1NC(C(C)(C)C)C2CCCC21. The van der Waals surface area contributed by atoms with Gasteiger partial charge in [0.05, 0.1) is 18.4 Å². The Bertz CT molecular complexity index is 445. The number of nitrogens with one attached hydrogen (secondary N) is 1. The van der Waals surface area contributed by atoms with Gasteiger partial charge in [0, 0.05) is 18.0 Å². The predicted octanol–water partition coefficient (Wildman–Crippen LogP) is 3.63. The number of ether oxygens (including phenoxy) is 1. The van der Waals surface area contributed by atoms with Crippen LogP contribution in [-0.2, 0) is 4.74 Å². The van der Waals surface area contributed by atoms with Crippen molar-refractivity contribution < 1.29 is 4.74 Å². The van der Waals surface area contributed by atoms with E-state index >= 15 is 0 Å². The van der Waals surface area contributed by atoms with E-state index in [0.717, 1.165) is 17.8 Å². The maximum absolute atomic E-state index is 6.24. The molecular formula is C20H36N2O. The molecule has 0 bridgehead atoms. The van der Waals surface area contributed by atoms with Crippen LogP contribution in [0.15, 0.2) is 0 Å². The number of hydrogen-bond donors (Lipinski definition) is 1. The lowest BCUT2D eigenvalue weighted by atomic mass is 9.78. The highest BCUT2D eigenvalue weighted by Gasteiger charge is 2.53. The highest BCUT2D eigenvalue weighted by atomic mass is 16.5. The highest BCUT2D eigenvalue weighted by Crippen LogP contribution is 2.48. The van der Waals surface area contributed by atoms with Crippen molar-refractivity contribution in [3.05, 3.63) is 0 Å². The van der Waals surface area contributed by atoms with Gasteiger partial charge in [-0.3, -0.25) is 10.2 Å². The monoisotopic (exact) mass is 320 g/mol. The van der Waals surface area contributed by atoms with E-state index in [2.05, 4.69) is 45.0 Å². The maximum Gasteiger partial charge on any atom is 0.0784 e. The predicted molar refractivity (Wildman–Crippen MR) is 94.2 cm³/mol. The zero-order chi connectivity index (χ0) is 16.4. The molecule has 1 N–H and O–H groups in total. The van der Waals surface area contributed by atoms with E-state index in [4.69, 9.17) is 4.74 Å². The molecule has 4 aliphatic rings. The van der Waals surface area contributed by atoms with E-state index < -0.39 is 0 Å². The van der Waals surface area contributed by atoms with Gasteiger partial charge < -0.3 is 4.74 Å². The van der Waals surface area contributed by atoms with Crippen molar-refractivity contribution in [1.29, 1.82) is 0 Å². The first-order valence-corrected chi connectivity index (χ1v) is 10.0. The second kappa shape index (κ2) is 5.71. The van der Waals surface area contributed by atoms with Crippen LogP contribution in [0.4, 0.5) is 0 Å². The van der Waals surface area contributed by atoms with Gasteiger partial charge in [-0.15, -0.1) is 0 Å². The summed E-state index contributed by atoms with van der Waals surface area (Å²) < 4.78 is 6.24. The van der Waals surface area contributed by atoms with Gasteiger partial charge in [0.2, 0.25) is 0 Å². The third-order valence-corrected chi connectivity index (χ3v) is 7.56. The number of nitrogens with zero attached hydrogens (tertiary/aromatic N) is 1. The Hall–Kier alpha value is -0.120. The Balaban J connectivity index is 1.46. The third kappa shape index (κ3) is 2.58. The fourth-order valence-electron chi connectivity index (χ4n) is 6.24. The molecule has 8 atom stereocenters. The molecule has 132 valence electrons. The van der Waals surface area contributed by atoms with E-state index in [9.17, 15) is 0 Å². The van der Waals surface area contributed by atoms with Gasteiger partial charge in [-0.25, -0.2) is 0 Å². The van der Waals surface area contributed by atoms with Crippen LogP contribution in [0.3, 0.4) is 0 Å². The lowest BCUT2D eigenvalue weighted by Crippen LogP contribution is -2.60. The molecular weight excluding hydrogens is 284 g/mol. The number of likely N-dealkylation sites (N-methyl/N-ethyl adjacent to an activating group) is 1. The molecule has 0 aromatic carbocycles. The minimum absolute atomic E-state index is 0.357. The Kier molecular flexibility index (Phi) is 4.06. The normalized spacial score (nSPS) is 47.5. The molecule has 0 aromatic rings. The Morgan fingerprint density at radius 3 is 2.35 bits per heavy atom. The number of hydrogen-bond acceptors (Lipinski definition) is 3. The van der Waals surface area contributed by atoms with Gasteiger partial charge in [0.15, 0.2) is 0 Å². The topological polar surface area (TPSA) is 24.5 Å². The molecule has 2 heterocycles. The maximum atomic E-state index is 6.24. The Labute approximate surface area is 142 Å². The Morgan fingerprint density at radius 1 is 1.00 bits per heavy atom. The second-order valence-electron chi connectivity index (χ2n) is 9.85. The van der Waals surface area contributed by atoms with Crippen molar-refractivity contribution in [3.63, 3.8) is 0 Å². The summed E-state index contributed by atoms with van der Waals surface area (Å²) in [5.41, 5.74) is 0.357. The van der Waals surface area contributed by atoms with E-state index in [1.54, 1.807) is 0 Å². The van der Waals surface area contributed by atoms with E-state index in [-0.39, 0.29) is 0 Å². The van der Waals surface area contributed by atoms with Crippen LogP contribution in [-0.4, -0.2) is 42.4 Å². The van der Waals surface area contributed by atoms with E-state index in [0.29, 0.717) is 35.9 Å². The second-order valence-corrected chi connectivity index (χ2v) is 9.85. The van der Waals surface area contributed by atoms with Gasteiger partial charge in [0.25, 0.3) is 0 Å². The van der Waals surface area contributed by atoms with Gasteiger partial charge in [0.1, 0.15) is 0 Å². The van der Waals surface area contributed by atoms with Crippen molar-refractivity contribution in [2.75, 3.05) is 7.05 Å². The molecule has 0 aromatic heterocycles. The van der Waals surface area contributed by atoms with Crippen LogP contribution < -0.4 is 5.32 Å². The molecule has 3 nitrogen and oxygen atoms in total. The average molecular weight is 321 g/mol. The minimum atomic E-state index is 0.357. The molecule has 8 unspecified atom stereocenters. The van der Waals surface area contributed by atoms with Crippen molar-refractivity contribution in [3.8, 4) is 0 Å². The molecule has 0 spiro atoms. The molecule has 0 radical (unpaired) electrons. The fourth-order valence-corrected chi connectivity index (χ4v) is 6.24. The Morgan fingerprint density at radius 2 is 1.65 bits per heavy atom. The molecule has 23 heavy (non-hydrogen) atoms. The van der Waals surface area contributed by atoms with Crippen LogP contribution in [0, 0.1) is 23.2 Å². The summed E-state index contributed by atoms with van der Waals surface area (Å²) in [5.74, 6) is 2.55. The van der Waals surface area contributed by atoms with Gasteiger partial charge in [-0.2, -0.15) is 0 Å². The lowest BCUT2D eigenvalue weighted by Gasteiger charge is -2.48. The van der Waals surface area contributed by atoms with E-state index in [1.165, 1.54) is 38.5 Å². The average Bonchev–Trinajstić information content (AvgIpc) is 3.12. The summed E-state index contributed by atoms with van der Waals surface area (Å²) in [4.78, 5) is 2.63. The first-order valence-electron chi connectivity index (χ1n) is 10.0. The van der Waals surface area contributed by atoms with Gasteiger partial charge in [-0.1, -0.05) is 33.6 Å². The van der Waals surface area contributed by atoms with Crippen molar-refractivity contribution in [1.82, 2.24) is 10.2 Å². The first-order chi connectivity index (χ1) is 10.9. The van der Waals surface area contributed by atoms with Crippen molar-refractivity contribution in [2.45, 2.75) is 96.7 Å². The number of fused-ring (bicyclic) bond motifs is 2. The lowest BCUT2D eigenvalue weighted by molar-refractivity contribution is -0.196. The van der Waals surface area contributed by atoms with Gasteiger partial charge in [-0.05, 0) is 56.9 Å². The molecule has 4 fully saturated rings. The summed E-state index contributed by atoms with van der Waals surface area (Å²) in [6, 6.07) is 1.20. The van der Waals surface area contributed by atoms with Gasteiger partial charge >= 0.3 is 0 Å². The minimum Gasteiger partial charge on any atom is -0.373 e. The smallest absolute Gasteiger partial charge is 0.0784 e. The summed E-state index contributed by atoms with van der Waals surface area (Å²) in [7, 11) is 2.34.